The van der Waals surface area contributed by atoms with E-state index >= 15 is 0 Å². The van der Waals surface area contributed by atoms with Gasteiger partial charge in [-0.2, -0.15) is 0 Å². The number of hydrogen-bond acceptors (Lipinski definition) is 4. The number of non-ortho nitro benzene ring substituents is 1. The Morgan fingerprint density at radius 3 is 2.81 bits per heavy atom. The van der Waals surface area contributed by atoms with Crippen molar-refractivity contribution in [3.8, 4) is 0 Å². The molecule has 1 fully saturated rings. The van der Waals surface area contributed by atoms with Gasteiger partial charge in [-0.15, -0.1) is 0 Å². The number of likely N-dealkylation sites (tertiary alicyclic amines) is 1. The maximum Gasteiger partial charge on any atom is 0.269 e. The molecular weight excluding hydrogens is 266 g/mol. The van der Waals surface area contributed by atoms with E-state index in [1.54, 1.807) is 12.1 Å². The van der Waals surface area contributed by atoms with Gasteiger partial charge in [0.25, 0.3) is 5.69 Å². The van der Waals surface area contributed by atoms with Gasteiger partial charge in [-0.05, 0) is 44.5 Å². The fourth-order valence-corrected chi connectivity index (χ4v) is 2.78. The van der Waals surface area contributed by atoms with Gasteiger partial charge in [-0.3, -0.25) is 10.1 Å². The van der Waals surface area contributed by atoms with Crippen LogP contribution in [-0.4, -0.2) is 35.5 Å². The lowest BCUT2D eigenvalue weighted by atomic mass is 10.0. The van der Waals surface area contributed by atoms with Crippen molar-refractivity contribution in [2.24, 2.45) is 0 Å². The van der Waals surface area contributed by atoms with Gasteiger partial charge in [0.05, 0.1) is 4.92 Å². The summed E-state index contributed by atoms with van der Waals surface area (Å²) in [5, 5.41) is 14.3. The number of unbranched alkanes of at least 4 members (excludes halogenated alkanes) is 1. The highest BCUT2D eigenvalue weighted by molar-refractivity contribution is 5.34. The molecule has 0 radical (unpaired) electrons. The number of nitro groups is 1. The van der Waals surface area contributed by atoms with Crippen molar-refractivity contribution in [1.29, 1.82) is 0 Å². The second-order valence-electron chi connectivity index (χ2n) is 5.78. The van der Waals surface area contributed by atoms with Crippen LogP contribution in [0.1, 0.15) is 38.2 Å². The van der Waals surface area contributed by atoms with Crippen LogP contribution in [0.25, 0.3) is 0 Å². The largest absolute Gasteiger partial charge is 0.310 e. The molecule has 0 atom stereocenters. The Kier molecular flexibility index (Phi) is 6.14. The highest BCUT2D eigenvalue weighted by Gasteiger charge is 2.18. The minimum Gasteiger partial charge on any atom is -0.310 e. The predicted octanol–water partition coefficient (Wildman–Crippen LogP) is 2.95. The molecule has 2 rings (SSSR count). The van der Waals surface area contributed by atoms with E-state index in [0.29, 0.717) is 12.6 Å². The molecule has 1 N–H and O–H groups in total. The van der Waals surface area contributed by atoms with Crippen LogP contribution in [0.15, 0.2) is 24.3 Å². The number of piperidine rings is 1. The highest BCUT2D eigenvalue weighted by atomic mass is 16.6. The third-order valence-electron chi connectivity index (χ3n) is 4.13. The standard InChI is InChI=1S/C16H25N3O2/c1-2-3-9-18-10-7-15(8-11-18)17-13-14-5-4-6-16(12-14)19(20)21/h4-6,12,15,17H,2-3,7-11,13H2,1H3. The molecule has 1 aromatic carbocycles. The maximum absolute atomic E-state index is 10.8. The zero-order chi connectivity index (χ0) is 15.1. The maximum atomic E-state index is 10.8. The molecule has 5 nitrogen and oxygen atoms in total. The van der Waals surface area contributed by atoms with Gasteiger partial charge in [0, 0.05) is 24.7 Å². The molecule has 1 heterocycles. The van der Waals surface area contributed by atoms with Crippen LogP contribution in [0.5, 0.6) is 0 Å². The van der Waals surface area contributed by atoms with Gasteiger partial charge >= 0.3 is 0 Å². The lowest BCUT2D eigenvalue weighted by Crippen LogP contribution is -2.42. The first-order valence-electron chi connectivity index (χ1n) is 7.88. The SMILES string of the molecule is CCCCN1CCC(NCc2cccc([N+](=O)[O-])c2)CC1. The Morgan fingerprint density at radius 2 is 2.14 bits per heavy atom. The molecule has 1 aliphatic rings. The summed E-state index contributed by atoms with van der Waals surface area (Å²) in [4.78, 5) is 13.0. The van der Waals surface area contributed by atoms with Crippen LogP contribution in [0.3, 0.4) is 0 Å². The molecule has 1 aromatic rings. The molecule has 5 heteroatoms. The molecule has 21 heavy (non-hydrogen) atoms. The zero-order valence-electron chi connectivity index (χ0n) is 12.8. The van der Waals surface area contributed by atoms with E-state index in [1.165, 1.54) is 38.3 Å². The average molecular weight is 291 g/mol. The quantitative estimate of drug-likeness (QED) is 0.620. The molecule has 0 amide bonds. The molecule has 0 unspecified atom stereocenters. The Balaban J connectivity index is 1.74. The summed E-state index contributed by atoms with van der Waals surface area (Å²) in [6, 6.07) is 7.42. The van der Waals surface area contributed by atoms with E-state index in [4.69, 9.17) is 0 Å². The van der Waals surface area contributed by atoms with Crippen LogP contribution >= 0.6 is 0 Å². The van der Waals surface area contributed by atoms with Gasteiger partial charge in [0.1, 0.15) is 0 Å². The Morgan fingerprint density at radius 1 is 1.38 bits per heavy atom. The number of rotatable bonds is 7. The first-order valence-corrected chi connectivity index (χ1v) is 7.88. The van der Waals surface area contributed by atoms with Crippen molar-refractivity contribution < 1.29 is 4.92 Å². The van der Waals surface area contributed by atoms with Crippen molar-refractivity contribution in [1.82, 2.24) is 10.2 Å². The lowest BCUT2D eigenvalue weighted by Gasteiger charge is -2.32. The topological polar surface area (TPSA) is 58.4 Å². The van der Waals surface area contributed by atoms with Crippen LogP contribution in [0, 0.1) is 10.1 Å². The van der Waals surface area contributed by atoms with E-state index in [2.05, 4.69) is 17.1 Å². The second-order valence-corrected chi connectivity index (χ2v) is 5.78. The van der Waals surface area contributed by atoms with Crippen molar-refractivity contribution in [2.45, 2.75) is 45.2 Å². The van der Waals surface area contributed by atoms with Crippen molar-refractivity contribution >= 4 is 5.69 Å². The van der Waals surface area contributed by atoms with E-state index in [0.717, 1.165) is 18.7 Å². The summed E-state index contributed by atoms with van der Waals surface area (Å²) < 4.78 is 0. The fourth-order valence-electron chi connectivity index (χ4n) is 2.78. The average Bonchev–Trinajstić information content (AvgIpc) is 2.52. The van der Waals surface area contributed by atoms with Crippen molar-refractivity contribution in [3.63, 3.8) is 0 Å². The molecule has 1 saturated heterocycles. The molecule has 0 spiro atoms. The van der Waals surface area contributed by atoms with Crippen LogP contribution in [0.4, 0.5) is 5.69 Å². The molecule has 1 aliphatic heterocycles. The summed E-state index contributed by atoms with van der Waals surface area (Å²) in [5.41, 5.74) is 1.15. The van der Waals surface area contributed by atoms with Gasteiger partial charge in [0.15, 0.2) is 0 Å². The minimum absolute atomic E-state index is 0.170. The zero-order valence-corrected chi connectivity index (χ0v) is 12.8. The third kappa shape index (κ3) is 5.10. The van der Waals surface area contributed by atoms with Crippen LogP contribution in [0.2, 0.25) is 0 Å². The Bertz CT molecular complexity index is 457. The number of benzene rings is 1. The van der Waals surface area contributed by atoms with E-state index in [-0.39, 0.29) is 10.6 Å². The van der Waals surface area contributed by atoms with Gasteiger partial charge in [-0.25, -0.2) is 0 Å². The van der Waals surface area contributed by atoms with Gasteiger partial charge in [0.2, 0.25) is 0 Å². The molecule has 0 aliphatic carbocycles. The van der Waals surface area contributed by atoms with Crippen LogP contribution in [-0.2, 0) is 6.54 Å². The fraction of sp³-hybridized carbons (Fsp3) is 0.625. The summed E-state index contributed by atoms with van der Waals surface area (Å²) in [6.07, 6.45) is 4.87. The minimum atomic E-state index is -0.338. The Hall–Kier alpha value is -1.46. The molecule has 0 aromatic heterocycles. The third-order valence-corrected chi connectivity index (χ3v) is 4.13. The molecular formula is C16H25N3O2. The summed E-state index contributed by atoms with van der Waals surface area (Å²) in [6.45, 7) is 6.47. The van der Waals surface area contributed by atoms with Gasteiger partial charge < -0.3 is 10.2 Å². The van der Waals surface area contributed by atoms with Crippen LogP contribution < -0.4 is 5.32 Å². The first kappa shape index (κ1) is 15.9. The summed E-state index contributed by atoms with van der Waals surface area (Å²) in [5.74, 6) is 0. The lowest BCUT2D eigenvalue weighted by molar-refractivity contribution is -0.384. The predicted molar refractivity (Wildman–Crippen MR) is 84.3 cm³/mol. The van der Waals surface area contributed by atoms with E-state index < -0.39 is 0 Å². The highest BCUT2D eigenvalue weighted by Crippen LogP contribution is 2.15. The summed E-state index contributed by atoms with van der Waals surface area (Å²) >= 11 is 0. The van der Waals surface area contributed by atoms with E-state index in [1.807, 2.05) is 6.07 Å². The number of nitrogens with zero attached hydrogens (tertiary/aromatic N) is 2. The first-order chi connectivity index (χ1) is 10.2. The van der Waals surface area contributed by atoms with Gasteiger partial charge in [-0.1, -0.05) is 25.5 Å². The molecule has 0 saturated carbocycles. The van der Waals surface area contributed by atoms with Crippen molar-refractivity contribution in [2.75, 3.05) is 19.6 Å². The number of nitro benzene ring substituents is 1. The smallest absolute Gasteiger partial charge is 0.269 e. The number of hydrogen-bond donors (Lipinski definition) is 1. The van der Waals surface area contributed by atoms with Crippen molar-refractivity contribution in [3.05, 3.63) is 39.9 Å². The molecule has 116 valence electrons. The molecule has 0 bridgehead atoms. The van der Waals surface area contributed by atoms with E-state index in [9.17, 15) is 10.1 Å². The second kappa shape index (κ2) is 8.10. The monoisotopic (exact) mass is 291 g/mol. The Labute approximate surface area is 126 Å². The number of nitrogens with one attached hydrogen (secondary N) is 1. The normalized spacial score (nSPS) is 17.0. The summed E-state index contributed by atoms with van der Waals surface area (Å²) in [7, 11) is 0.